The number of thiazole rings is 1. The van der Waals surface area contributed by atoms with E-state index in [-0.39, 0.29) is 12.5 Å². The molecule has 0 saturated carbocycles. The van der Waals surface area contributed by atoms with Gasteiger partial charge in [-0.15, -0.1) is 0 Å². The molecule has 0 bridgehead atoms. The Morgan fingerprint density at radius 3 is 2.32 bits per heavy atom. The summed E-state index contributed by atoms with van der Waals surface area (Å²) in [4.78, 5) is 56.5. The van der Waals surface area contributed by atoms with Crippen molar-refractivity contribution in [3.8, 4) is 0 Å². The molecule has 3 unspecified atom stereocenters. The van der Waals surface area contributed by atoms with Crippen molar-refractivity contribution < 1.29 is 27.6 Å². The van der Waals surface area contributed by atoms with Crippen molar-refractivity contribution in [2.24, 2.45) is 5.92 Å². The van der Waals surface area contributed by atoms with Crippen molar-refractivity contribution in [3.05, 3.63) is 79.2 Å². The second-order valence-corrected chi connectivity index (χ2v) is 12.7. The maximum atomic E-state index is 13.9. The maximum Gasteiger partial charge on any atom is 0.418 e. The van der Waals surface area contributed by atoms with E-state index in [9.17, 15) is 32.3 Å². The van der Waals surface area contributed by atoms with Crippen LogP contribution in [0.2, 0.25) is 5.02 Å². The Labute approximate surface area is 245 Å². The van der Waals surface area contributed by atoms with Crippen LogP contribution < -0.4 is 9.77 Å². The number of nitrogens with zero attached hydrogens (tertiary/aromatic N) is 3. The van der Waals surface area contributed by atoms with Gasteiger partial charge < -0.3 is 4.90 Å². The normalized spacial score (nSPS) is 22.6. The summed E-state index contributed by atoms with van der Waals surface area (Å²) in [6.45, 7) is 0.989. The van der Waals surface area contributed by atoms with Crippen LogP contribution in [0.1, 0.15) is 41.2 Å². The zero-order valence-corrected chi connectivity index (χ0v) is 23.8. The van der Waals surface area contributed by atoms with Crippen molar-refractivity contribution in [1.82, 2.24) is 9.47 Å². The van der Waals surface area contributed by atoms with Gasteiger partial charge in [0.25, 0.3) is 0 Å². The van der Waals surface area contributed by atoms with Gasteiger partial charge in [-0.05, 0) is 49.1 Å². The number of rotatable bonds is 4. The summed E-state index contributed by atoms with van der Waals surface area (Å²) >= 11 is 7.97. The standard InChI is InChI=1S/C28H23ClF3N3O4S2/c29-16-10-8-15(9-11-16)20-21-22(25(38)35(24(21)37)18-7-3-2-6-17(18)28(30,31)32)40-26-23(20)41-27(39)34(26)14-19(36)33-12-4-1-5-13-33/h2-3,6-11,20-22H,1,4-5,12-14H2. The quantitative estimate of drug-likeness (QED) is 0.365. The lowest BCUT2D eigenvalue weighted by Gasteiger charge is -2.31. The van der Waals surface area contributed by atoms with Crippen LogP contribution in [0.5, 0.6) is 0 Å². The fraction of sp³-hybridized carbons (Fsp3) is 0.357. The highest BCUT2D eigenvalue weighted by Gasteiger charge is 2.57. The summed E-state index contributed by atoms with van der Waals surface area (Å²) < 4.78 is 43.1. The van der Waals surface area contributed by atoms with Gasteiger partial charge in [-0.3, -0.25) is 23.7 Å². The first kappa shape index (κ1) is 28.0. The van der Waals surface area contributed by atoms with Gasteiger partial charge in [-0.2, -0.15) is 13.2 Å². The molecule has 7 nitrogen and oxygen atoms in total. The van der Waals surface area contributed by atoms with Crippen LogP contribution >= 0.6 is 34.7 Å². The van der Waals surface area contributed by atoms with Crippen LogP contribution in [0.3, 0.4) is 0 Å². The first-order valence-electron chi connectivity index (χ1n) is 13.0. The Morgan fingerprint density at radius 1 is 0.951 bits per heavy atom. The van der Waals surface area contributed by atoms with Crippen molar-refractivity contribution in [1.29, 1.82) is 0 Å². The Balaban J connectivity index is 1.45. The van der Waals surface area contributed by atoms with E-state index in [4.69, 9.17) is 11.6 Å². The minimum Gasteiger partial charge on any atom is -0.341 e. The van der Waals surface area contributed by atoms with Crippen LogP contribution in [0.25, 0.3) is 0 Å². The van der Waals surface area contributed by atoms with E-state index in [0.717, 1.165) is 54.5 Å². The Morgan fingerprint density at radius 2 is 1.63 bits per heavy atom. The van der Waals surface area contributed by atoms with E-state index in [1.165, 1.54) is 16.7 Å². The molecule has 2 saturated heterocycles. The fourth-order valence-electron chi connectivity index (χ4n) is 5.81. The van der Waals surface area contributed by atoms with Gasteiger partial charge in [0.15, 0.2) is 0 Å². The SMILES string of the molecule is O=C(Cn1c2c(sc1=O)C(c1ccc(Cl)cc1)C1C(=O)N(c3ccccc3C(F)(F)F)C(=O)C1S2)N1CCCCC1. The molecular weight excluding hydrogens is 599 g/mol. The minimum absolute atomic E-state index is 0.215. The third-order valence-electron chi connectivity index (χ3n) is 7.73. The number of thioether (sulfide) groups is 1. The number of halogens is 4. The number of amides is 3. The van der Waals surface area contributed by atoms with Crippen LogP contribution in [0, 0.1) is 5.92 Å². The minimum atomic E-state index is -4.79. The second kappa shape index (κ2) is 10.6. The summed E-state index contributed by atoms with van der Waals surface area (Å²) in [5, 5.41) is -0.274. The molecule has 6 rings (SSSR count). The average molecular weight is 622 g/mol. The highest BCUT2D eigenvalue weighted by molar-refractivity contribution is 8.00. The molecule has 3 aliphatic heterocycles. The van der Waals surface area contributed by atoms with Gasteiger partial charge in [0.05, 0.1) is 22.2 Å². The van der Waals surface area contributed by atoms with E-state index < -0.39 is 51.2 Å². The fourth-order valence-corrected chi connectivity index (χ4v) is 8.71. The summed E-state index contributed by atoms with van der Waals surface area (Å²) in [6, 6.07) is 11.1. The number of para-hydroxylation sites is 1. The topological polar surface area (TPSA) is 79.7 Å². The van der Waals surface area contributed by atoms with E-state index in [1.54, 1.807) is 29.2 Å². The van der Waals surface area contributed by atoms with Crippen molar-refractivity contribution in [3.63, 3.8) is 0 Å². The lowest BCUT2D eigenvalue weighted by atomic mass is 9.83. The number of anilines is 1. The van der Waals surface area contributed by atoms with Crippen LogP contribution in [0.4, 0.5) is 18.9 Å². The number of fused-ring (bicyclic) bond motifs is 2. The molecule has 3 atom stereocenters. The highest BCUT2D eigenvalue weighted by atomic mass is 35.5. The van der Waals surface area contributed by atoms with Crippen molar-refractivity contribution >= 4 is 58.1 Å². The largest absolute Gasteiger partial charge is 0.418 e. The van der Waals surface area contributed by atoms with Gasteiger partial charge in [0.1, 0.15) is 11.8 Å². The molecule has 0 aliphatic carbocycles. The number of likely N-dealkylation sites (tertiary alicyclic amines) is 1. The molecule has 214 valence electrons. The highest BCUT2D eigenvalue weighted by Crippen LogP contribution is 2.54. The molecule has 3 aromatic rings. The zero-order valence-electron chi connectivity index (χ0n) is 21.4. The Hall–Kier alpha value is -3.09. The van der Waals surface area contributed by atoms with Crippen LogP contribution in [-0.4, -0.2) is 45.5 Å². The van der Waals surface area contributed by atoms with Crippen LogP contribution in [0.15, 0.2) is 58.4 Å². The van der Waals surface area contributed by atoms with E-state index in [0.29, 0.717) is 38.5 Å². The lowest BCUT2D eigenvalue weighted by molar-refractivity contribution is -0.137. The maximum absolute atomic E-state index is 13.9. The van der Waals surface area contributed by atoms with Gasteiger partial charge in [0, 0.05) is 28.9 Å². The number of hydrogen-bond acceptors (Lipinski definition) is 6. The molecule has 0 spiro atoms. The Kier molecular flexibility index (Phi) is 7.27. The molecule has 13 heteroatoms. The average Bonchev–Trinajstić information content (AvgIpc) is 3.39. The number of imide groups is 1. The number of benzene rings is 2. The third-order valence-corrected chi connectivity index (χ3v) is 10.6. The molecule has 1 aromatic heterocycles. The molecule has 2 fully saturated rings. The third kappa shape index (κ3) is 4.89. The van der Waals surface area contributed by atoms with E-state index in [1.807, 2.05) is 0 Å². The summed E-state index contributed by atoms with van der Waals surface area (Å²) in [5.41, 5.74) is -1.03. The number of carbonyl (C=O) groups is 3. The molecular formula is C28H23ClF3N3O4S2. The van der Waals surface area contributed by atoms with Crippen molar-refractivity contribution in [2.45, 2.75) is 48.2 Å². The number of alkyl halides is 3. The molecule has 2 aromatic carbocycles. The van der Waals surface area contributed by atoms with E-state index >= 15 is 0 Å². The van der Waals surface area contributed by atoms with Gasteiger partial charge in [-0.25, -0.2) is 4.90 Å². The summed E-state index contributed by atoms with van der Waals surface area (Å²) in [5.74, 6) is -3.64. The van der Waals surface area contributed by atoms with Crippen molar-refractivity contribution in [2.75, 3.05) is 18.0 Å². The van der Waals surface area contributed by atoms with Crippen LogP contribution in [-0.2, 0) is 27.1 Å². The van der Waals surface area contributed by atoms with E-state index in [2.05, 4.69) is 0 Å². The summed E-state index contributed by atoms with van der Waals surface area (Å²) in [6.07, 6.45) is -2.00. The van der Waals surface area contributed by atoms with Gasteiger partial charge >= 0.3 is 11.0 Å². The molecule has 0 N–H and O–H groups in total. The number of piperidine rings is 1. The molecule has 4 heterocycles. The molecule has 3 aliphatic rings. The molecule has 0 radical (unpaired) electrons. The first-order valence-corrected chi connectivity index (χ1v) is 15.1. The monoisotopic (exact) mass is 621 g/mol. The zero-order chi connectivity index (χ0) is 29.1. The molecule has 41 heavy (non-hydrogen) atoms. The number of aromatic nitrogens is 1. The lowest BCUT2D eigenvalue weighted by Crippen LogP contribution is -2.39. The van der Waals surface area contributed by atoms with Gasteiger partial charge in [-0.1, -0.05) is 59.0 Å². The second-order valence-electron chi connectivity index (χ2n) is 10.2. The summed E-state index contributed by atoms with van der Waals surface area (Å²) in [7, 11) is 0. The number of carbonyl (C=O) groups excluding carboxylic acids is 3. The molecule has 3 amide bonds. The predicted octanol–water partition coefficient (Wildman–Crippen LogP) is 5.39. The predicted molar refractivity (Wildman–Crippen MR) is 149 cm³/mol. The first-order chi connectivity index (χ1) is 19.6. The Bertz CT molecular complexity index is 1600. The number of hydrogen-bond donors (Lipinski definition) is 0. The van der Waals surface area contributed by atoms with Gasteiger partial charge in [0.2, 0.25) is 17.7 Å². The smallest absolute Gasteiger partial charge is 0.341 e.